The lowest BCUT2D eigenvalue weighted by atomic mass is 10.0. The summed E-state index contributed by atoms with van der Waals surface area (Å²) >= 11 is 0. The van der Waals surface area contributed by atoms with Crippen LogP contribution in [-0.4, -0.2) is 118 Å². The number of hydrogen-bond donors (Lipinski definition) is 1. The molecule has 16 heteroatoms. The van der Waals surface area contributed by atoms with E-state index in [4.69, 9.17) is 33.2 Å². The lowest BCUT2D eigenvalue weighted by Gasteiger charge is -2.36. The van der Waals surface area contributed by atoms with Crippen molar-refractivity contribution in [2.75, 3.05) is 52.7 Å². The topological polar surface area (TPSA) is 199 Å². The number of ether oxygens (including phenoxy) is 7. The number of unbranched alkanes of at least 4 members (excludes halogenated alkanes) is 20. The Bertz CT molecular complexity index is 1380. The maximum Gasteiger partial charge on any atom is 0.410 e. The Balaban J connectivity index is 2.18. The highest BCUT2D eigenvalue weighted by Crippen LogP contribution is 2.23. The first-order valence-corrected chi connectivity index (χ1v) is 30.1. The summed E-state index contributed by atoms with van der Waals surface area (Å²) in [4.78, 5) is 93.8. The van der Waals surface area contributed by atoms with E-state index in [0.717, 1.165) is 161 Å². The molecule has 2 rings (SSSR count). The number of hydrogen-bond acceptors (Lipinski definition) is 15. The van der Waals surface area contributed by atoms with Gasteiger partial charge in [0.1, 0.15) is 18.8 Å². The van der Waals surface area contributed by atoms with Gasteiger partial charge in [0.05, 0.1) is 52.4 Å². The van der Waals surface area contributed by atoms with Crippen LogP contribution in [0.5, 0.6) is 0 Å². The standard InChI is InChI=1S/C59H104N2O14/c1-5-9-13-17-21-27-33-53(62)69-43-48(44-70-54(63)34-28-22-18-14-10-6-2)38-57(66)74-51-40-52(42-61(41-51)59(68)73-47-50-32-26-25-31-37-60-50)75-58(67)39-49(45-71-55(64)35-29-23-19-15-11-7-3)46-72-56(65)36-30-24-20-16-12-8-4/h48-52,60H,5-47H2,1-4H3/t50?,51-,52-/m1/s1. The highest BCUT2D eigenvalue weighted by Gasteiger charge is 2.36. The molecule has 0 aromatic carbocycles. The molecule has 1 N–H and O–H groups in total. The monoisotopic (exact) mass is 1060 g/mol. The zero-order valence-corrected chi connectivity index (χ0v) is 47.5. The Kier molecular flexibility index (Phi) is 40.4. The van der Waals surface area contributed by atoms with E-state index in [9.17, 15) is 33.6 Å². The van der Waals surface area contributed by atoms with Gasteiger partial charge in [0.2, 0.25) is 0 Å². The third-order valence-electron chi connectivity index (χ3n) is 14.1. The van der Waals surface area contributed by atoms with Gasteiger partial charge < -0.3 is 43.4 Å². The van der Waals surface area contributed by atoms with Gasteiger partial charge in [-0.1, -0.05) is 169 Å². The van der Waals surface area contributed by atoms with Crippen LogP contribution in [0.2, 0.25) is 0 Å². The molecule has 3 atom stereocenters. The van der Waals surface area contributed by atoms with Crippen molar-refractivity contribution >= 4 is 41.9 Å². The number of carbonyl (C=O) groups is 7. The smallest absolute Gasteiger partial charge is 0.410 e. The zero-order chi connectivity index (χ0) is 54.6. The molecule has 75 heavy (non-hydrogen) atoms. The third kappa shape index (κ3) is 36.7. The van der Waals surface area contributed by atoms with E-state index in [1.54, 1.807) is 0 Å². The van der Waals surface area contributed by atoms with E-state index in [1.807, 2.05) is 0 Å². The zero-order valence-electron chi connectivity index (χ0n) is 47.5. The van der Waals surface area contributed by atoms with Crippen molar-refractivity contribution in [1.82, 2.24) is 10.2 Å². The van der Waals surface area contributed by atoms with Crippen molar-refractivity contribution < 1.29 is 66.7 Å². The summed E-state index contributed by atoms with van der Waals surface area (Å²) in [6, 6.07) is -0.00283. The van der Waals surface area contributed by atoms with Crippen molar-refractivity contribution in [2.45, 2.75) is 271 Å². The molecule has 0 aromatic heterocycles. The lowest BCUT2D eigenvalue weighted by molar-refractivity contribution is -0.166. The molecule has 0 aromatic rings. The summed E-state index contributed by atoms with van der Waals surface area (Å²) in [5.41, 5.74) is 0. The van der Waals surface area contributed by atoms with Crippen LogP contribution in [0, 0.1) is 11.8 Å². The van der Waals surface area contributed by atoms with Gasteiger partial charge >= 0.3 is 41.9 Å². The molecule has 2 heterocycles. The maximum atomic E-state index is 13.8. The SMILES string of the molecule is CCCCCCCCC(=O)OCC(COC(=O)CCCCCCCC)CC(=O)O[C@@H]1C[C@@H](OC(=O)CC(COC(=O)CCCCCCCC)COC(=O)CCCCCCCC)CN(C(=O)OCC2CCCCCN2)C1. The Morgan fingerprint density at radius 1 is 0.427 bits per heavy atom. The number of nitrogens with zero attached hydrogens (tertiary/aromatic N) is 1. The number of rotatable bonds is 44. The summed E-state index contributed by atoms with van der Waals surface area (Å²) < 4.78 is 40.3. The molecular weight excluding hydrogens is 961 g/mol. The number of likely N-dealkylation sites (tertiary alicyclic amines) is 1. The van der Waals surface area contributed by atoms with E-state index in [1.165, 1.54) is 4.90 Å². The minimum Gasteiger partial charge on any atom is -0.465 e. The minimum absolute atomic E-state index is 0.00283. The largest absolute Gasteiger partial charge is 0.465 e. The van der Waals surface area contributed by atoms with Gasteiger partial charge in [0.15, 0.2) is 0 Å². The summed E-state index contributed by atoms with van der Waals surface area (Å²) in [6.07, 6.45) is 26.5. The van der Waals surface area contributed by atoms with E-state index >= 15 is 0 Å². The van der Waals surface area contributed by atoms with E-state index in [2.05, 4.69) is 33.0 Å². The van der Waals surface area contributed by atoms with Crippen molar-refractivity contribution in [3.63, 3.8) is 0 Å². The Morgan fingerprint density at radius 3 is 1.13 bits per heavy atom. The molecule has 2 fully saturated rings. The predicted octanol–water partition coefficient (Wildman–Crippen LogP) is 12.4. The molecule has 1 amide bonds. The predicted molar refractivity (Wildman–Crippen MR) is 290 cm³/mol. The van der Waals surface area contributed by atoms with Gasteiger partial charge in [-0.05, 0) is 45.1 Å². The van der Waals surface area contributed by atoms with Crippen LogP contribution in [0.3, 0.4) is 0 Å². The number of amides is 1. The lowest BCUT2D eigenvalue weighted by Crippen LogP contribution is -2.51. The van der Waals surface area contributed by atoms with Crippen LogP contribution >= 0.6 is 0 Å². The van der Waals surface area contributed by atoms with E-state index in [-0.39, 0.29) is 121 Å². The normalized spacial score (nSPS) is 16.8. The van der Waals surface area contributed by atoms with Crippen LogP contribution in [0.15, 0.2) is 0 Å². The number of esters is 6. The highest BCUT2D eigenvalue weighted by atomic mass is 16.6. The van der Waals surface area contributed by atoms with E-state index < -0.39 is 42.1 Å². The fourth-order valence-electron chi connectivity index (χ4n) is 9.44. The van der Waals surface area contributed by atoms with Crippen LogP contribution in [0.4, 0.5) is 4.79 Å². The summed E-state index contributed by atoms with van der Waals surface area (Å²) in [5, 5.41) is 3.43. The van der Waals surface area contributed by atoms with Gasteiger partial charge in [-0.3, -0.25) is 28.8 Å². The number of nitrogens with one attached hydrogen (secondary N) is 1. The Morgan fingerprint density at radius 2 is 0.773 bits per heavy atom. The molecule has 2 saturated heterocycles. The second-order valence-electron chi connectivity index (χ2n) is 21.4. The molecule has 434 valence electrons. The Labute approximate surface area is 452 Å². The Hall–Kier alpha value is -3.95. The second kappa shape index (κ2) is 45.1. The number of carbonyl (C=O) groups excluding carboxylic acids is 7. The fourth-order valence-corrected chi connectivity index (χ4v) is 9.44. The molecule has 1 unspecified atom stereocenters. The molecule has 0 radical (unpaired) electrons. The van der Waals surface area contributed by atoms with Crippen molar-refractivity contribution in [1.29, 1.82) is 0 Å². The average molecular weight is 1070 g/mol. The second-order valence-corrected chi connectivity index (χ2v) is 21.4. The molecular formula is C59H104N2O14. The van der Waals surface area contributed by atoms with Gasteiger partial charge in [0, 0.05) is 50.0 Å². The first kappa shape index (κ1) is 67.2. The third-order valence-corrected chi connectivity index (χ3v) is 14.1. The first-order chi connectivity index (χ1) is 36.5. The van der Waals surface area contributed by atoms with Gasteiger partial charge in [-0.2, -0.15) is 0 Å². The maximum absolute atomic E-state index is 13.8. The quantitative estimate of drug-likeness (QED) is 0.0343. The van der Waals surface area contributed by atoms with Crippen LogP contribution < -0.4 is 5.32 Å². The summed E-state index contributed by atoms with van der Waals surface area (Å²) in [5.74, 6) is -4.20. The fraction of sp³-hybridized carbons (Fsp3) is 0.881. The molecule has 2 aliphatic rings. The van der Waals surface area contributed by atoms with Crippen LogP contribution in [0.1, 0.15) is 252 Å². The number of piperidine rings is 1. The average Bonchev–Trinajstić information content (AvgIpc) is 3.68. The van der Waals surface area contributed by atoms with Gasteiger partial charge in [-0.15, -0.1) is 0 Å². The van der Waals surface area contributed by atoms with E-state index in [0.29, 0.717) is 25.7 Å². The molecule has 0 saturated carbocycles. The van der Waals surface area contributed by atoms with Crippen LogP contribution in [-0.2, 0) is 61.9 Å². The van der Waals surface area contributed by atoms with Gasteiger partial charge in [0.25, 0.3) is 0 Å². The van der Waals surface area contributed by atoms with Crippen LogP contribution in [0.25, 0.3) is 0 Å². The van der Waals surface area contributed by atoms with Crippen molar-refractivity contribution in [2.24, 2.45) is 11.8 Å². The van der Waals surface area contributed by atoms with Crippen molar-refractivity contribution in [3.05, 3.63) is 0 Å². The molecule has 2 aliphatic heterocycles. The van der Waals surface area contributed by atoms with Gasteiger partial charge in [-0.25, -0.2) is 4.79 Å². The molecule has 0 spiro atoms. The molecule has 0 bridgehead atoms. The summed E-state index contributed by atoms with van der Waals surface area (Å²) in [6.45, 7) is 8.99. The minimum atomic E-state index is -0.902. The molecule has 16 nitrogen and oxygen atoms in total. The first-order valence-electron chi connectivity index (χ1n) is 30.1. The molecule has 0 aliphatic carbocycles. The highest BCUT2D eigenvalue weighted by molar-refractivity contribution is 5.73. The summed E-state index contributed by atoms with van der Waals surface area (Å²) in [7, 11) is 0. The van der Waals surface area contributed by atoms with Crippen molar-refractivity contribution in [3.8, 4) is 0 Å².